The average molecular weight is 699 g/mol. The maximum absolute atomic E-state index is 12.4. The molecule has 14 heteroatoms. The highest BCUT2D eigenvalue weighted by atomic mass is 127. The van der Waals surface area contributed by atoms with Crippen LogP contribution in [0.1, 0.15) is 11.1 Å². The molecule has 0 spiro atoms. The highest BCUT2D eigenvalue weighted by Gasteiger charge is 2.17. The first kappa shape index (κ1) is 29.2. The van der Waals surface area contributed by atoms with E-state index >= 15 is 0 Å². The summed E-state index contributed by atoms with van der Waals surface area (Å²) in [7, 11) is 1.44. The molecule has 0 bridgehead atoms. The zero-order chi connectivity index (χ0) is 28.6. The number of anilines is 1. The van der Waals surface area contributed by atoms with E-state index in [0.717, 1.165) is 5.56 Å². The highest BCUT2D eigenvalue weighted by molar-refractivity contribution is 14.1. The SMILES string of the molecule is COc1cc(/C=N\NC(=O)C(=O)NCc2ccc3c(c2)OCO3)cc(I)c1OCC(=O)Nc1cccc(Cl)c1Cl. The Labute approximate surface area is 252 Å². The molecule has 3 aromatic rings. The van der Waals surface area contributed by atoms with Crippen LogP contribution in [0.5, 0.6) is 23.0 Å². The van der Waals surface area contributed by atoms with Crippen molar-refractivity contribution >= 4 is 75.4 Å². The van der Waals surface area contributed by atoms with Gasteiger partial charge < -0.3 is 29.6 Å². The predicted octanol–water partition coefficient (Wildman–Crippen LogP) is 4.12. The molecule has 11 nitrogen and oxygen atoms in total. The number of carbonyl (C=O) groups is 3. The lowest BCUT2D eigenvalue weighted by Gasteiger charge is -2.14. The van der Waals surface area contributed by atoms with Gasteiger partial charge in [-0.3, -0.25) is 14.4 Å². The van der Waals surface area contributed by atoms with Crippen LogP contribution in [0.25, 0.3) is 0 Å². The van der Waals surface area contributed by atoms with E-state index in [-0.39, 0.29) is 25.0 Å². The van der Waals surface area contributed by atoms with Gasteiger partial charge in [-0.25, -0.2) is 5.43 Å². The summed E-state index contributed by atoms with van der Waals surface area (Å²) in [6, 6.07) is 13.4. The molecule has 1 aliphatic heterocycles. The second-order valence-corrected chi connectivity index (χ2v) is 9.99. The molecule has 3 aromatic carbocycles. The van der Waals surface area contributed by atoms with Crippen LogP contribution in [0, 0.1) is 3.57 Å². The zero-order valence-electron chi connectivity index (χ0n) is 20.8. The maximum atomic E-state index is 12.4. The lowest BCUT2D eigenvalue weighted by Crippen LogP contribution is -2.37. The minimum Gasteiger partial charge on any atom is -0.493 e. The average Bonchev–Trinajstić information content (AvgIpc) is 3.41. The molecule has 0 aliphatic carbocycles. The van der Waals surface area contributed by atoms with Gasteiger partial charge in [0.1, 0.15) is 0 Å². The van der Waals surface area contributed by atoms with Gasteiger partial charge in [-0.15, -0.1) is 0 Å². The number of hydrogen-bond donors (Lipinski definition) is 3. The Morgan fingerprint density at radius 2 is 1.88 bits per heavy atom. The number of nitrogens with one attached hydrogen (secondary N) is 3. The summed E-state index contributed by atoms with van der Waals surface area (Å²) < 4.78 is 22.2. The molecule has 4 rings (SSSR count). The van der Waals surface area contributed by atoms with Crippen molar-refractivity contribution in [3.63, 3.8) is 0 Å². The van der Waals surface area contributed by atoms with Crippen molar-refractivity contribution in [1.82, 2.24) is 10.7 Å². The quantitative estimate of drug-likeness (QED) is 0.132. The Morgan fingerprint density at radius 3 is 2.67 bits per heavy atom. The number of carbonyl (C=O) groups excluding carboxylic acids is 3. The van der Waals surface area contributed by atoms with E-state index in [9.17, 15) is 14.4 Å². The summed E-state index contributed by atoms with van der Waals surface area (Å²) in [5.74, 6) is -0.389. The van der Waals surface area contributed by atoms with Crippen LogP contribution >= 0.6 is 45.8 Å². The van der Waals surface area contributed by atoms with E-state index in [1.807, 2.05) is 22.6 Å². The molecule has 0 atom stereocenters. The maximum Gasteiger partial charge on any atom is 0.329 e. The molecule has 208 valence electrons. The molecule has 0 aromatic heterocycles. The molecule has 0 fully saturated rings. The van der Waals surface area contributed by atoms with Gasteiger partial charge in [0.05, 0.1) is 32.6 Å². The van der Waals surface area contributed by atoms with Crippen molar-refractivity contribution in [2.45, 2.75) is 6.54 Å². The van der Waals surface area contributed by atoms with Gasteiger partial charge in [-0.1, -0.05) is 35.3 Å². The smallest absolute Gasteiger partial charge is 0.329 e. The number of methoxy groups -OCH3 is 1. The summed E-state index contributed by atoms with van der Waals surface area (Å²) in [5, 5.41) is 9.52. The molecular weight excluding hydrogens is 678 g/mol. The van der Waals surface area contributed by atoms with Crippen molar-refractivity contribution < 1.29 is 33.3 Å². The fraction of sp³-hybridized carbons (Fsp3) is 0.154. The Morgan fingerprint density at radius 1 is 1.07 bits per heavy atom. The van der Waals surface area contributed by atoms with Crippen LogP contribution in [0.4, 0.5) is 5.69 Å². The number of hydrogen-bond acceptors (Lipinski definition) is 8. The van der Waals surface area contributed by atoms with Gasteiger partial charge in [0.15, 0.2) is 29.6 Å². The number of rotatable bonds is 9. The molecule has 0 saturated carbocycles. The van der Waals surface area contributed by atoms with E-state index in [4.69, 9.17) is 42.1 Å². The molecule has 0 radical (unpaired) electrons. The third-order valence-electron chi connectivity index (χ3n) is 5.30. The van der Waals surface area contributed by atoms with Crippen molar-refractivity contribution in [2.75, 3.05) is 25.8 Å². The van der Waals surface area contributed by atoms with Crippen molar-refractivity contribution in [2.24, 2.45) is 5.10 Å². The summed E-state index contributed by atoms with van der Waals surface area (Å²) in [6.45, 7) is -0.0579. The van der Waals surface area contributed by atoms with E-state index in [0.29, 0.717) is 42.8 Å². The molecule has 0 unspecified atom stereocenters. The van der Waals surface area contributed by atoms with Gasteiger partial charge in [-0.05, 0) is 70.1 Å². The monoisotopic (exact) mass is 698 g/mol. The normalized spacial score (nSPS) is 11.7. The van der Waals surface area contributed by atoms with Crippen LogP contribution in [0.2, 0.25) is 10.0 Å². The molecule has 0 saturated heterocycles. The van der Waals surface area contributed by atoms with Crippen molar-refractivity contribution in [1.29, 1.82) is 0 Å². The van der Waals surface area contributed by atoms with Gasteiger partial charge in [0.25, 0.3) is 5.91 Å². The third kappa shape index (κ3) is 7.46. The minimum atomic E-state index is -0.940. The Balaban J connectivity index is 1.29. The molecule has 3 amide bonds. The Hall–Kier alpha value is -3.75. The first-order valence-electron chi connectivity index (χ1n) is 11.5. The van der Waals surface area contributed by atoms with Gasteiger partial charge in [0, 0.05) is 6.54 Å². The summed E-state index contributed by atoms with van der Waals surface area (Å²) in [5.41, 5.74) is 3.82. The predicted molar refractivity (Wildman–Crippen MR) is 156 cm³/mol. The van der Waals surface area contributed by atoms with Crippen LogP contribution in [0.3, 0.4) is 0 Å². The van der Waals surface area contributed by atoms with Gasteiger partial charge in [0.2, 0.25) is 6.79 Å². The number of halogens is 3. The summed E-state index contributed by atoms with van der Waals surface area (Å²) in [4.78, 5) is 36.6. The first-order valence-corrected chi connectivity index (χ1v) is 13.3. The standard InChI is InChI=1S/C26H21Cl2IN4O7/c1-37-21-9-15(7-17(29)24(21)38-12-22(34)32-18-4-2-3-16(27)23(18)28)11-31-33-26(36)25(35)30-10-14-5-6-19-20(8-14)40-13-39-19/h2-9,11H,10,12-13H2,1H3,(H,30,35)(H,32,34)(H,33,36)/b31-11-. The lowest BCUT2D eigenvalue weighted by atomic mass is 10.2. The number of ether oxygens (including phenoxy) is 4. The molecule has 1 heterocycles. The number of fused-ring (bicyclic) bond motifs is 1. The topological polar surface area (TPSA) is 137 Å². The Bertz CT molecular complexity index is 1490. The fourth-order valence-electron chi connectivity index (χ4n) is 3.41. The highest BCUT2D eigenvalue weighted by Crippen LogP contribution is 2.34. The summed E-state index contributed by atoms with van der Waals surface area (Å²) in [6.07, 6.45) is 1.34. The molecular formula is C26H21Cl2IN4O7. The van der Waals surface area contributed by atoms with E-state index < -0.39 is 17.7 Å². The van der Waals surface area contributed by atoms with Crippen LogP contribution in [-0.2, 0) is 20.9 Å². The first-order chi connectivity index (χ1) is 19.2. The second kappa shape index (κ2) is 13.5. The van der Waals surface area contributed by atoms with E-state index in [1.54, 1.807) is 48.5 Å². The zero-order valence-corrected chi connectivity index (χ0v) is 24.4. The van der Waals surface area contributed by atoms with Gasteiger partial charge in [-0.2, -0.15) is 5.10 Å². The number of amides is 3. The van der Waals surface area contributed by atoms with Gasteiger partial charge >= 0.3 is 11.8 Å². The van der Waals surface area contributed by atoms with Crippen LogP contribution in [-0.4, -0.2) is 44.4 Å². The van der Waals surface area contributed by atoms with Crippen LogP contribution in [0.15, 0.2) is 53.6 Å². The fourth-order valence-corrected chi connectivity index (χ4v) is 4.54. The molecule has 40 heavy (non-hydrogen) atoms. The molecule has 1 aliphatic rings. The van der Waals surface area contributed by atoms with Crippen LogP contribution < -0.4 is 35.0 Å². The van der Waals surface area contributed by atoms with E-state index in [2.05, 4.69) is 21.2 Å². The number of benzene rings is 3. The number of hydrazone groups is 1. The number of nitrogens with zero attached hydrogens (tertiary/aromatic N) is 1. The second-order valence-electron chi connectivity index (χ2n) is 8.04. The Kier molecular flexibility index (Phi) is 9.90. The van der Waals surface area contributed by atoms with Crippen molar-refractivity contribution in [3.8, 4) is 23.0 Å². The minimum absolute atomic E-state index is 0.119. The third-order valence-corrected chi connectivity index (χ3v) is 6.92. The lowest BCUT2D eigenvalue weighted by molar-refractivity contribution is -0.139. The summed E-state index contributed by atoms with van der Waals surface area (Å²) >= 11 is 14.1. The largest absolute Gasteiger partial charge is 0.493 e. The van der Waals surface area contributed by atoms with E-state index in [1.165, 1.54) is 13.3 Å². The molecule has 3 N–H and O–H groups in total. The van der Waals surface area contributed by atoms with Crippen molar-refractivity contribution in [3.05, 3.63) is 73.3 Å².